The van der Waals surface area contributed by atoms with E-state index in [9.17, 15) is 0 Å². The minimum Gasteiger partial charge on any atom is -0.298 e. The topological polar surface area (TPSA) is 84.6 Å². The van der Waals surface area contributed by atoms with Crippen molar-refractivity contribution >= 4 is 0 Å². The number of hydrogen-bond acceptors (Lipinski definition) is 3. The summed E-state index contributed by atoms with van der Waals surface area (Å²) in [5.74, 6) is 0. The quantitative estimate of drug-likeness (QED) is 0.364. The van der Waals surface area contributed by atoms with Gasteiger partial charge in [0, 0.05) is 18.0 Å². The van der Waals surface area contributed by atoms with E-state index in [0.29, 0.717) is 13.1 Å². The van der Waals surface area contributed by atoms with E-state index in [0.717, 1.165) is 11.1 Å². The van der Waals surface area contributed by atoms with Crippen molar-refractivity contribution < 1.29 is 0 Å². The van der Waals surface area contributed by atoms with Crippen LogP contribution in [-0.4, -0.2) is 13.1 Å². The second-order valence-electron chi connectivity index (χ2n) is 3.83. The molecule has 0 saturated carbocycles. The van der Waals surface area contributed by atoms with Gasteiger partial charge in [0.25, 0.3) is 0 Å². The number of hydrogen-bond donors (Lipinski definition) is 1. The zero-order chi connectivity index (χ0) is 12.7. The molecular weight excluding hydrogens is 214 g/mol. The third-order valence-corrected chi connectivity index (χ3v) is 2.49. The van der Waals surface area contributed by atoms with Gasteiger partial charge in [-0.3, -0.25) is 5.32 Å². The van der Waals surface area contributed by atoms with E-state index in [1.165, 1.54) is 5.56 Å². The lowest BCUT2D eigenvalue weighted by Crippen LogP contribution is -2.23. The van der Waals surface area contributed by atoms with Crippen LogP contribution in [0.25, 0.3) is 10.4 Å². The SMILES string of the molecule is Cc1ccc(C(C#N)NCCN=[N+]=[N-])c(C)c1. The zero-order valence-electron chi connectivity index (χ0n) is 10.0. The van der Waals surface area contributed by atoms with E-state index >= 15 is 0 Å². The standard InChI is InChI=1S/C12H15N5/c1-9-3-4-11(10(2)7-9)12(8-13)15-5-6-16-17-14/h3-4,7,12,15H,5-6H2,1-2H3. The normalized spacial score (nSPS) is 11.4. The highest BCUT2D eigenvalue weighted by Gasteiger charge is 2.11. The van der Waals surface area contributed by atoms with Gasteiger partial charge in [0.15, 0.2) is 0 Å². The van der Waals surface area contributed by atoms with E-state index < -0.39 is 0 Å². The summed E-state index contributed by atoms with van der Waals surface area (Å²) in [7, 11) is 0. The molecule has 1 unspecified atom stereocenters. The summed E-state index contributed by atoms with van der Waals surface area (Å²) < 4.78 is 0. The lowest BCUT2D eigenvalue weighted by atomic mass is 10.00. The zero-order valence-corrected chi connectivity index (χ0v) is 10.0. The van der Waals surface area contributed by atoms with Crippen molar-refractivity contribution in [2.45, 2.75) is 19.9 Å². The summed E-state index contributed by atoms with van der Waals surface area (Å²) in [4.78, 5) is 2.66. The predicted molar refractivity (Wildman–Crippen MR) is 66.3 cm³/mol. The third kappa shape index (κ3) is 3.80. The molecule has 0 saturated heterocycles. The molecule has 1 N–H and O–H groups in total. The molecule has 0 heterocycles. The van der Waals surface area contributed by atoms with E-state index in [1.54, 1.807) is 0 Å². The largest absolute Gasteiger partial charge is 0.298 e. The van der Waals surface area contributed by atoms with Gasteiger partial charge in [-0.15, -0.1) is 0 Å². The van der Waals surface area contributed by atoms with Crippen LogP contribution < -0.4 is 5.32 Å². The van der Waals surface area contributed by atoms with E-state index in [1.807, 2.05) is 26.0 Å². The monoisotopic (exact) mass is 229 g/mol. The third-order valence-electron chi connectivity index (χ3n) is 2.49. The molecule has 0 bridgehead atoms. The predicted octanol–water partition coefficient (Wildman–Crippen LogP) is 2.77. The van der Waals surface area contributed by atoms with Crippen LogP contribution in [0.2, 0.25) is 0 Å². The summed E-state index contributed by atoms with van der Waals surface area (Å²) >= 11 is 0. The van der Waals surface area contributed by atoms with Crippen LogP contribution in [0.4, 0.5) is 0 Å². The first-order chi connectivity index (χ1) is 8.19. The Morgan fingerprint density at radius 3 is 2.88 bits per heavy atom. The van der Waals surface area contributed by atoms with Gasteiger partial charge in [-0.25, -0.2) is 0 Å². The number of nitrogens with zero attached hydrogens (tertiary/aromatic N) is 4. The highest BCUT2D eigenvalue weighted by atomic mass is 15.1. The smallest absolute Gasteiger partial charge is 0.121 e. The van der Waals surface area contributed by atoms with Crippen LogP contribution in [0.1, 0.15) is 22.7 Å². The molecule has 0 aliphatic rings. The Labute approximate surface area is 101 Å². The Morgan fingerprint density at radius 2 is 2.29 bits per heavy atom. The van der Waals surface area contributed by atoms with Crippen LogP contribution in [0.15, 0.2) is 23.3 Å². The minimum absolute atomic E-state index is 0.347. The lowest BCUT2D eigenvalue weighted by molar-refractivity contribution is 0.632. The Morgan fingerprint density at radius 1 is 1.53 bits per heavy atom. The molecule has 1 aromatic carbocycles. The Balaban J connectivity index is 2.73. The van der Waals surface area contributed by atoms with Crippen molar-refractivity contribution in [1.82, 2.24) is 5.32 Å². The molecule has 5 heteroatoms. The van der Waals surface area contributed by atoms with Crippen molar-refractivity contribution in [3.8, 4) is 6.07 Å². The summed E-state index contributed by atoms with van der Waals surface area (Å²) in [6, 6.07) is 7.85. The molecule has 0 spiro atoms. The second kappa shape index (κ2) is 6.54. The fourth-order valence-corrected chi connectivity index (χ4v) is 1.68. The molecule has 1 atom stereocenters. The van der Waals surface area contributed by atoms with Gasteiger partial charge in [0.2, 0.25) is 0 Å². The van der Waals surface area contributed by atoms with Crippen molar-refractivity contribution in [1.29, 1.82) is 5.26 Å². The molecule has 1 aromatic rings. The average molecular weight is 229 g/mol. The molecule has 0 aliphatic heterocycles. The van der Waals surface area contributed by atoms with Gasteiger partial charge in [0.05, 0.1) is 6.07 Å². The molecule has 1 rings (SSSR count). The maximum absolute atomic E-state index is 9.11. The molecule has 17 heavy (non-hydrogen) atoms. The Hall–Kier alpha value is -2.02. The maximum Gasteiger partial charge on any atom is 0.121 e. The minimum atomic E-state index is -0.357. The average Bonchev–Trinajstić information content (AvgIpc) is 2.31. The fourth-order valence-electron chi connectivity index (χ4n) is 1.68. The fraction of sp³-hybridized carbons (Fsp3) is 0.417. The number of nitriles is 1. The van der Waals surface area contributed by atoms with Crippen LogP contribution in [0.5, 0.6) is 0 Å². The Bertz CT molecular complexity index is 468. The number of azide groups is 1. The summed E-state index contributed by atoms with van der Waals surface area (Å²) in [6.07, 6.45) is 0. The molecule has 0 fully saturated rings. The summed E-state index contributed by atoms with van der Waals surface area (Å²) in [5.41, 5.74) is 11.4. The van der Waals surface area contributed by atoms with Gasteiger partial charge in [-0.1, -0.05) is 28.9 Å². The molecule has 0 aromatic heterocycles. The summed E-state index contributed by atoms with van der Waals surface area (Å²) in [6.45, 7) is 4.85. The van der Waals surface area contributed by atoms with Crippen molar-refractivity contribution in [2.24, 2.45) is 5.11 Å². The van der Waals surface area contributed by atoms with Gasteiger partial charge in [-0.2, -0.15) is 5.26 Å². The van der Waals surface area contributed by atoms with Crippen LogP contribution in [0, 0.1) is 25.2 Å². The van der Waals surface area contributed by atoms with Crippen LogP contribution in [0.3, 0.4) is 0 Å². The molecule has 0 radical (unpaired) electrons. The van der Waals surface area contributed by atoms with E-state index in [-0.39, 0.29) is 6.04 Å². The van der Waals surface area contributed by atoms with Crippen molar-refractivity contribution in [3.63, 3.8) is 0 Å². The van der Waals surface area contributed by atoms with Crippen LogP contribution in [-0.2, 0) is 0 Å². The van der Waals surface area contributed by atoms with Crippen LogP contribution >= 0.6 is 0 Å². The number of aryl methyl sites for hydroxylation is 2. The number of nitrogens with one attached hydrogen (secondary N) is 1. The van der Waals surface area contributed by atoms with Gasteiger partial charge >= 0.3 is 0 Å². The molecule has 88 valence electrons. The van der Waals surface area contributed by atoms with E-state index in [2.05, 4.69) is 27.5 Å². The molecule has 5 nitrogen and oxygen atoms in total. The molecule has 0 aliphatic carbocycles. The van der Waals surface area contributed by atoms with Gasteiger partial charge in [-0.05, 0) is 30.5 Å². The molecule has 0 amide bonds. The van der Waals surface area contributed by atoms with Gasteiger partial charge in [0.1, 0.15) is 6.04 Å². The van der Waals surface area contributed by atoms with E-state index in [4.69, 9.17) is 10.8 Å². The molecular formula is C12H15N5. The Kier molecular flexibility index (Phi) is 5.02. The van der Waals surface area contributed by atoms with Crippen molar-refractivity contribution in [3.05, 3.63) is 45.3 Å². The first-order valence-electron chi connectivity index (χ1n) is 5.40. The maximum atomic E-state index is 9.11. The second-order valence-corrected chi connectivity index (χ2v) is 3.83. The summed E-state index contributed by atoms with van der Waals surface area (Å²) in [5, 5.41) is 15.6. The number of benzene rings is 1. The first-order valence-corrected chi connectivity index (χ1v) is 5.40. The highest BCUT2D eigenvalue weighted by Crippen LogP contribution is 2.18. The van der Waals surface area contributed by atoms with Crippen molar-refractivity contribution in [2.75, 3.05) is 13.1 Å². The first kappa shape index (κ1) is 13.0. The lowest BCUT2D eigenvalue weighted by Gasteiger charge is -2.14. The highest BCUT2D eigenvalue weighted by molar-refractivity contribution is 5.35. The van der Waals surface area contributed by atoms with Gasteiger partial charge < -0.3 is 0 Å². The number of rotatable bonds is 5.